The summed E-state index contributed by atoms with van der Waals surface area (Å²) in [6.45, 7) is 1.08. The minimum atomic E-state index is -0.833. The second-order valence-corrected chi connectivity index (χ2v) is 2.11. The van der Waals surface area contributed by atoms with E-state index in [-0.39, 0.29) is 5.56 Å². The molecule has 0 aliphatic rings. The minimum absolute atomic E-state index is 0.0949. The van der Waals surface area contributed by atoms with Crippen LogP contribution in [0.2, 0.25) is 0 Å². The standard InChI is InChI=1S/C7H4FN.C2H4O2/c8-7-4-2-1-3-6(7)5-9;1-2(3)4/h1-4H;1H3,(H,3,4). The number of nitriles is 1. The maximum atomic E-state index is 12.4. The normalized spacial score (nSPS) is 7.77. The molecule has 0 radical (unpaired) electrons. The lowest BCUT2D eigenvalue weighted by molar-refractivity contribution is -0.134. The third-order valence-corrected chi connectivity index (χ3v) is 0.994. The Morgan fingerprint density at radius 3 is 2.31 bits per heavy atom. The lowest BCUT2D eigenvalue weighted by Crippen LogP contribution is -1.78. The van der Waals surface area contributed by atoms with Gasteiger partial charge in [-0.25, -0.2) is 4.39 Å². The largest absolute Gasteiger partial charge is 0.481 e. The number of carbonyl (C=O) groups is 1. The Labute approximate surface area is 75.0 Å². The molecule has 0 aliphatic heterocycles. The van der Waals surface area contributed by atoms with Crippen molar-refractivity contribution in [2.75, 3.05) is 0 Å². The van der Waals surface area contributed by atoms with Crippen molar-refractivity contribution in [2.24, 2.45) is 0 Å². The number of carboxylic acid groups (broad SMARTS) is 1. The molecule has 0 aliphatic carbocycles. The van der Waals surface area contributed by atoms with Crippen molar-refractivity contribution >= 4 is 5.97 Å². The van der Waals surface area contributed by atoms with Crippen LogP contribution in [0.15, 0.2) is 24.3 Å². The first-order chi connectivity index (χ1) is 6.07. The summed E-state index contributed by atoms with van der Waals surface area (Å²) in [4.78, 5) is 9.00. The summed E-state index contributed by atoms with van der Waals surface area (Å²) in [6, 6.07) is 7.60. The smallest absolute Gasteiger partial charge is 0.300 e. The SMILES string of the molecule is CC(=O)O.N#Cc1ccccc1F. The highest BCUT2D eigenvalue weighted by molar-refractivity contribution is 5.62. The van der Waals surface area contributed by atoms with Crippen molar-refractivity contribution in [3.8, 4) is 6.07 Å². The van der Waals surface area contributed by atoms with Gasteiger partial charge in [-0.2, -0.15) is 5.26 Å². The van der Waals surface area contributed by atoms with E-state index in [9.17, 15) is 4.39 Å². The molecule has 1 N–H and O–H groups in total. The predicted octanol–water partition coefficient (Wildman–Crippen LogP) is 1.79. The van der Waals surface area contributed by atoms with E-state index in [0.29, 0.717) is 0 Å². The van der Waals surface area contributed by atoms with E-state index in [4.69, 9.17) is 15.2 Å². The fraction of sp³-hybridized carbons (Fsp3) is 0.111. The molecule has 0 spiro atoms. The van der Waals surface area contributed by atoms with Gasteiger partial charge in [-0.3, -0.25) is 4.79 Å². The van der Waals surface area contributed by atoms with Crippen LogP contribution in [0.1, 0.15) is 12.5 Å². The molecule has 1 aromatic rings. The lowest BCUT2D eigenvalue weighted by Gasteiger charge is -1.86. The van der Waals surface area contributed by atoms with Gasteiger partial charge in [0.1, 0.15) is 11.9 Å². The summed E-state index contributed by atoms with van der Waals surface area (Å²) in [7, 11) is 0. The third-order valence-electron chi connectivity index (χ3n) is 0.994. The first-order valence-corrected chi connectivity index (χ1v) is 3.42. The molecule has 0 saturated heterocycles. The highest BCUT2D eigenvalue weighted by Gasteiger charge is 1.94. The van der Waals surface area contributed by atoms with E-state index in [1.807, 2.05) is 0 Å². The Balaban J connectivity index is 0.000000310. The van der Waals surface area contributed by atoms with Crippen LogP contribution in [-0.2, 0) is 4.79 Å². The Hall–Kier alpha value is -1.89. The maximum absolute atomic E-state index is 12.4. The van der Waals surface area contributed by atoms with E-state index < -0.39 is 11.8 Å². The van der Waals surface area contributed by atoms with Crippen LogP contribution in [0.3, 0.4) is 0 Å². The summed E-state index contributed by atoms with van der Waals surface area (Å²) in [6.07, 6.45) is 0. The van der Waals surface area contributed by atoms with Crippen LogP contribution in [0.4, 0.5) is 4.39 Å². The number of benzene rings is 1. The van der Waals surface area contributed by atoms with Gasteiger partial charge in [0.05, 0.1) is 5.56 Å². The van der Waals surface area contributed by atoms with E-state index in [0.717, 1.165) is 6.92 Å². The maximum Gasteiger partial charge on any atom is 0.300 e. The van der Waals surface area contributed by atoms with Crippen molar-refractivity contribution in [1.82, 2.24) is 0 Å². The van der Waals surface area contributed by atoms with Gasteiger partial charge in [-0.05, 0) is 12.1 Å². The summed E-state index contributed by atoms with van der Waals surface area (Å²) >= 11 is 0. The van der Waals surface area contributed by atoms with Crippen molar-refractivity contribution in [2.45, 2.75) is 6.92 Å². The second-order valence-electron chi connectivity index (χ2n) is 2.11. The quantitative estimate of drug-likeness (QED) is 0.663. The first-order valence-electron chi connectivity index (χ1n) is 3.42. The van der Waals surface area contributed by atoms with Crippen LogP contribution in [-0.4, -0.2) is 11.1 Å². The predicted molar refractivity (Wildman–Crippen MR) is 44.4 cm³/mol. The first kappa shape index (κ1) is 11.1. The van der Waals surface area contributed by atoms with Crippen molar-refractivity contribution in [3.63, 3.8) is 0 Å². The molecule has 0 unspecified atom stereocenters. The summed E-state index contributed by atoms with van der Waals surface area (Å²) < 4.78 is 12.4. The van der Waals surface area contributed by atoms with Crippen LogP contribution < -0.4 is 0 Å². The molecule has 68 valence electrons. The van der Waals surface area contributed by atoms with Gasteiger partial charge < -0.3 is 5.11 Å². The number of carboxylic acids is 1. The Morgan fingerprint density at radius 2 is 2.00 bits per heavy atom. The molecule has 1 rings (SSSR count). The van der Waals surface area contributed by atoms with Crippen LogP contribution in [0.25, 0.3) is 0 Å². The van der Waals surface area contributed by atoms with Crippen molar-refractivity contribution in [3.05, 3.63) is 35.6 Å². The zero-order chi connectivity index (χ0) is 10.3. The van der Waals surface area contributed by atoms with Crippen molar-refractivity contribution in [1.29, 1.82) is 5.26 Å². The fourth-order valence-corrected chi connectivity index (χ4v) is 0.552. The summed E-state index contributed by atoms with van der Waals surface area (Å²) in [5.74, 6) is -1.29. The lowest BCUT2D eigenvalue weighted by atomic mass is 10.2. The van der Waals surface area contributed by atoms with Gasteiger partial charge in [-0.15, -0.1) is 0 Å². The van der Waals surface area contributed by atoms with Crippen molar-refractivity contribution < 1.29 is 14.3 Å². The van der Waals surface area contributed by atoms with Crippen LogP contribution in [0, 0.1) is 17.1 Å². The van der Waals surface area contributed by atoms with E-state index in [1.165, 1.54) is 12.1 Å². The number of nitrogens with zero attached hydrogens (tertiary/aromatic N) is 1. The molecule has 0 fully saturated rings. The van der Waals surface area contributed by atoms with Gasteiger partial charge >= 0.3 is 0 Å². The third kappa shape index (κ3) is 5.39. The summed E-state index contributed by atoms with van der Waals surface area (Å²) in [5.41, 5.74) is 0.0949. The van der Waals surface area contributed by atoms with E-state index >= 15 is 0 Å². The molecule has 4 heteroatoms. The Morgan fingerprint density at radius 1 is 1.54 bits per heavy atom. The highest BCUT2D eigenvalue weighted by atomic mass is 19.1. The zero-order valence-electron chi connectivity index (χ0n) is 6.99. The molecule has 0 bridgehead atoms. The van der Waals surface area contributed by atoms with E-state index in [2.05, 4.69) is 0 Å². The minimum Gasteiger partial charge on any atom is -0.481 e. The molecule has 0 heterocycles. The summed E-state index contributed by atoms with van der Waals surface area (Å²) in [5, 5.41) is 15.6. The number of hydrogen-bond acceptors (Lipinski definition) is 2. The monoisotopic (exact) mass is 181 g/mol. The number of halogens is 1. The fourth-order valence-electron chi connectivity index (χ4n) is 0.552. The molecule has 3 nitrogen and oxygen atoms in total. The number of rotatable bonds is 0. The van der Waals surface area contributed by atoms with Gasteiger partial charge in [-0.1, -0.05) is 12.1 Å². The second kappa shape index (κ2) is 5.72. The van der Waals surface area contributed by atoms with Gasteiger partial charge in [0.15, 0.2) is 0 Å². The van der Waals surface area contributed by atoms with Gasteiger partial charge in [0, 0.05) is 6.92 Å². The average Bonchev–Trinajstić information content (AvgIpc) is 2.04. The zero-order valence-corrected chi connectivity index (χ0v) is 6.99. The molecule has 1 aromatic carbocycles. The van der Waals surface area contributed by atoms with E-state index in [1.54, 1.807) is 18.2 Å². The average molecular weight is 181 g/mol. The Kier molecular flexibility index (Phi) is 4.89. The molecule has 0 saturated carbocycles. The Bertz CT molecular complexity index is 327. The highest BCUT2D eigenvalue weighted by Crippen LogP contribution is 2.02. The molecule has 0 amide bonds. The number of aliphatic carboxylic acids is 1. The van der Waals surface area contributed by atoms with Gasteiger partial charge in [0.25, 0.3) is 5.97 Å². The number of hydrogen-bond donors (Lipinski definition) is 1. The van der Waals surface area contributed by atoms with Crippen LogP contribution >= 0.6 is 0 Å². The van der Waals surface area contributed by atoms with Gasteiger partial charge in [0.2, 0.25) is 0 Å². The molecule has 0 atom stereocenters. The molecular weight excluding hydrogens is 173 g/mol. The molecule has 13 heavy (non-hydrogen) atoms. The topological polar surface area (TPSA) is 61.1 Å². The van der Waals surface area contributed by atoms with Crippen LogP contribution in [0.5, 0.6) is 0 Å². The molecule has 0 aromatic heterocycles. The molecular formula is C9H8FNO2.